The van der Waals surface area contributed by atoms with Crippen LogP contribution in [-0.2, 0) is 0 Å². The van der Waals surface area contributed by atoms with Gasteiger partial charge in [0, 0.05) is 16.4 Å². The van der Waals surface area contributed by atoms with Crippen molar-refractivity contribution in [3.8, 4) is 11.8 Å². The third-order valence-electron chi connectivity index (χ3n) is 2.24. The highest BCUT2D eigenvalue weighted by Gasteiger charge is 2.15. The Kier molecular flexibility index (Phi) is 3.81. The lowest BCUT2D eigenvalue weighted by atomic mass is 10.2. The van der Waals surface area contributed by atoms with Crippen LogP contribution in [-0.4, -0.2) is 18.6 Å². The summed E-state index contributed by atoms with van der Waals surface area (Å²) in [6, 6.07) is 10.1. The maximum absolute atomic E-state index is 9.06. The van der Waals surface area contributed by atoms with Crippen LogP contribution >= 0.6 is 23.5 Å². The summed E-state index contributed by atoms with van der Waals surface area (Å²) in [5, 5.41) is 9.06. The van der Waals surface area contributed by atoms with E-state index < -0.39 is 0 Å². The van der Waals surface area contributed by atoms with E-state index in [4.69, 9.17) is 10.00 Å². The number of hydrogen-bond acceptors (Lipinski definition) is 4. The minimum Gasteiger partial charge on any atom is -0.497 e. The Morgan fingerprint density at radius 1 is 1.19 bits per heavy atom. The molecular weight excluding hydrogens is 238 g/mol. The fourth-order valence-electron chi connectivity index (χ4n) is 1.46. The molecule has 1 aromatic rings. The lowest BCUT2D eigenvalue weighted by molar-refractivity contribution is 0.415. The van der Waals surface area contributed by atoms with Crippen molar-refractivity contribution in [1.82, 2.24) is 0 Å². The van der Waals surface area contributed by atoms with Gasteiger partial charge in [-0.15, -0.1) is 23.5 Å². The molecule has 1 aliphatic rings. The van der Waals surface area contributed by atoms with Crippen molar-refractivity contribution in [3.05, 3.63) is 34.7 Å². The van der Waals surface area contributed by atoms with Gasteiger partial charge in [-0.2, -0.15) is 5.26 Å². The molecule has 0 unspecified atom stereocenters. The first-order valence-corrected chi connectivity index (χ1v) is 6.86. The summed E-state index contributed by atoms with van der Waals surface area (Å²) < 4.78 is 5.12. The molecule has 2 nitrogen and oxygen atoms in total. The van der Waals surface area contributed by atoms with Crippen LogP contribution in [0.4, 0.5) is 0 Å². The van der Waals surface area contributed by atoms with Gasteiger partial charge in [0.2, 0.25) is 0 Å². The largest absolute Gasteiger partial charge is 0.497 e. The summed E-state index contributed by atoms with van der Waals surface area (Å²) in [6.45, 7) is 0. The van der Waals surface area contributed by atoms with Crippen LogP contribution in [0.1, 0.15) is 5.56 Å². The smallest absolute Gasteiger partial charge is 0.118 e. The second-order valence-electron chi connectivity index (χ2n) is 3.20. The Bertz CT molecular complexity index is 445. The first kappa shape index (κ1) is 11.4. The second-order valence-corrected chi connectivity index (χ2v) is 5.41. The zero-order valence-electron chi connectivity index (χ0n) is 8.90. The van der Waals surface area contributed by atoms with Crippen molar-refractivity contribution in [2.45, 2.75) is 0 Å². The summed E-state index contributed by atoms with van der Waals surface area (Å²) in [6.07, 6.45) is 0. The molecule has 82 valence electrons. The molecule has 0 spiro atoms. The third kappa shape index (κ3) is 2.37. The standard InChI is InChI=1S/C12H11NOS2/c1-14-10-4-2-9(3-5-10)12-11(8-13)15-6-7-16-12/h2-5H,6-7H2,1H3. The number of hydrogen-bond donors (Lipinski definition) is 0. The van der Waals surface area contributed by atoms with Gasteiger partial charge in [0.1, 0.15) is 11.8 Å². The van der Waals surface area contributed by atoms with Gasteiger partial charge in [-0.3, -0.25) is 0 Å². The molecule has 0 radical (unpaired) electrons. The highest BCUT2D eigenvalue weighted by Crippen LogP contribution is 2.40. The molecule has 2 rings (SSSR count). The van der Waals surface area contributed by atoms with Crippen LogP contribution in [0, 0.1) is 11.3 Å². The Hall–Kier alpha value is -1.05. The number of nitrogens with zero attached hydrogens (tertiary/aromatic N) is 1. The van der Waals surface area contributed by atoms with Crippen molar-refractivity contribution in [2.24, 2.45) is 0 Å². The summed E-state index contributed by atoms with van der Waals surface area (Å²) in [7, 11) is 1.65. The number of nitriles is 1. The summed E-state index contributed by atoms with van der Waals surface area (Å²) in [5.41, 5.74) is 1.11. The summed E-state index contributed by atoms with van der Waals surface area (Å²) in [5.74, 6) is 2.93. The summed E-state index contributed by atoms with van der Waals surface area (Å²) in [4.78, 5) is 1.93. The molecule has 1 aliphatic heterocycles. The number of ether oxygens (including phenoxy) is 1. The van der Waals surface area contributed by atoms with E-state index in [1.54, 1.807) is 30.6 Å². The number of benzene rings is 1. The van der Waals surface area contributed by atoms with E-state index in [2.05, 4.69) is 6.07 Å². The first-order chi connectivity index (χ1) is 7.85. The van der Waals surface area contributed by atoms with Gasteiger partial charge < -0.3 is 4.74 Å². The molecule has 4 heteroatoms. The SMILES string of the molecule is COc1ccc(C2=C(C#N)SCCS2)cc1. The Morgan fingerprint density at radius 2 is 1.88 bits per heavy atom. The zero-order valence-corrected chi connectivity index (χ0v) is 10.5. The van der Waals surface area contributed by atoms with Crippen LogP contribution in [0.15, 0.2) is 29.2 Å². The van der Waals surface area contributed by atoms with Crippen LogP contribution in [0.25, 0.3) is 4.91 Å². The van der Waals surface area contributed by atoms with E-state index in [-0.39, 0.29) is 0 Å². The molecule has 0 bridgehead atoms. The monoisotopic (exact) mass is 249 g/mol. The molecule has 0 fully saturated rings. The quantitative estimate of drug-likeness (QED) is 0.804. The molecule has 0 atom stereocenters. The Morgan fingerprint density at radius 3 is 2.50 bits per heavy atom. The van der Waals surface area contributed by atoms with E-state index in [1.807, 2.05) is 24.3 Å². The highest BCUT2D eigenvalue weighted by atomic mass is 32.2. The molecule has 0 aromatic heterocycles. The molecule has 0 saturated heterocycles. The number of methoxy groups -OCH3 is 1. The van der Waals surface area contributed by atoms with Crippen LogP contribution in [0.5, 0.6) is 5.75 Å². The van der Waals surface area contributed by atoms with E-state index in [1.165, 1.54) is 0 Å². The highest BCUT2D eigenvalue weighted by molar-refractivity contribution is 8.13. The van der Waals surface area contributed by atoms with Gasteiger partial charge in [0.25, 0.3) is 0 Å². The van der Waals surface area contributed by atoms with Gasteiger partial charge in [-0.05, 0) is 17.7 Å². The van der Waals surface area contributed by atoms with Crippen LogP contribution < -0.4 is 4.74 Å². The van der Waals surface area contributed by atoms with E-state index in [0.717, 1.165) is 32.6 Å². The minimum absolute atomic E-state index is 0.835. The molecular formula is C12H11NOS2. The van der Waals surface area contributed by atoms with Crippen LogP contribution in [0.2, 0.25) is 0 Å². The van der Waals surface area contributed by atoms with Crippen molar-refractivity contribution in [3.63, 3.8) is 0 Å². The van der Waals surface area contributed by atoms with Crippen molar-refractivity contribution >= 4 is 28.4 Å². The third-order valence-corrected chi connectivity index (χ3v) is 4.75. The molecule has 0 saturated carbocycles. The van der Waals surface area contributed by atoms with Crippen molar-refractivity contribution in [1.29, 1.82) is 5.26 Å². The fraction of sp³-hybridized carbons (Fsp3) is 0.250. The van der Waals surface area contributed by atoms with E-state index in [0.29, 0.717) is 0 Å². The van der Waals surface area contributed by atoms with E-state index in [9.17, 15) is 0 Å². The number of thioether (sulfide) groups is 2. The lowest BCUT2D eigenvalue weighted by Crippen LogP contribution is -1.96. The van der Waals surface area contributed by atoms with Crippen molar-refractivity contribution in [2.75, 3.05) is 18.6 Å². The van der Waals surface area contributed by atoms with Crippen LogP contribution in [0.3, 0.4) is 0 Å². The maximum atomic E-state index is 9.06. The summed E-state index contributed by atoms with van der Waals surface area (Å²) >= 11 is 3.40. The van der Waals surface area contributed by atoms with Crippen molar-refractivity contribution < 1.29 is 4.74 Å². The maximum Gasteiger partial charge on any atom is 0.118 e. The molecule has 0 amide bonds. The molecule has 1 aromatic carbocycles. The lowest BCUT2D eigenvalue weighted by Gasteiger charge is -2.15. The van der Waals surface area contributed by atoms with Gasteiger partial charge in [0.15, 0.2) is 0 Å². The molecule has 1 heterocycles. The predicted octanol–water partition coefficient (Wildman–Crippen LogP) is 3.37. The first-order valence-electron chi connectivity index (χ1n) is 4.89. The Labute approximate surface area is 104 Å². The Balaban J connectivity index is 2.35. The number of allylic oxidation sites excluding steroid dienone is 1. The zero-order chi connectivity index (χ0) is 11.4. The normalized spacial score (nSPS) is 15.8. The van der Waals surface area contributed by atoms with Gasteiger partial charge >= 0.3 is 0 Å². The molecule has 16 heavy (non-hydrogen) atoms. The predicted molar refractivity (Wildman–Crippen MR) is 70.4 cm³/mol. The van der Waals surface area contributed by atoms with Gasteiger partial charge in [-0.1, -0.05) is 12.1 Å². The number of rotatable bonds is 2. The molecule has 0 aliphatic carbocycles. The average molecular weight is 249 g/mol. The second kappa shape index (κ2) is 5.33. The minimum atomic E-state index is 0.835. The topological polar surface area (TPSA) is 33.0 Å². The average Bonchev–Trinajstić information content (AvgIpc) is 2.39. The van der Waals surface area contributed by atoms with Gasteiger partial charge in [-0.25, -0.2) is 0 Å². The van der Waals surface area contributed by atoms with E-state index >= 15 is 0 Å². The fourth-order valence-corrected chi connectivity index (χ4v) is 3.68. The van der Waals surface area contributed by atoms with Gasteiger partial charge in [0.05, 0.1) is 12.0 Å². The molecule has 0 N–H and O–H groups in total.